The molecule has 1 heterocycles. The average molecular weight is 252 g/mol. The largest absolute Gasteiger partial charge is 0.493 e. The highest BCUT2D eigenvalue weighted by Gasteiger charge is 2.15. The molecule has 0 radical (unpaired) electrons. The van der Waals surface area contributed by atoms with Crippen molar-refractivity contribution in [3.05, 3.63) is 29.8 Å². The van der Waals surface area contributed by atoms with Crippen LogP contribution in [0.25, 0.3) is 0 Å². The molecule has 1 aliphatic heterocycles. The Balaban J connectivity index is 1.75. The molecule has 2 rings (SSSR count). The minimum absolute atomic E-state index is 0.119. The highest BCUT2D eigenvalue weighted by atomic mass is 16.7. The molecule has 0 amide bonds. The van der Waals surface area contributed by atoms with Gasteiger partial charge in [-0.15, -0.1) is 0 Å². The van der Waals surface area contributed by atoms with Crippen LogP contribution in [0.4, 0.5) is 0 Å². The van der Waals surface area contributed by atoms with Crippen LogP contribution < -0.4 is 4.74 Å². The summed E-state index contributed by atoms with van der Waals surface area (Å²) in [6, 6.07) is 7.55. The molecule has 1 N–H and O–H groups in total. The van der Waals surface area contributed by atoms with Gasteiger partial charge in [0.25, 0.3) is 0 Å². The molecular formula is C14H20O4. The number of rotatable bonds is 6. The van der Waals surface area contributed by atoms with Crippen molar-refractivity contribution in [2.75, 3.05) is 19.8 Å². The summed E-state index contributed by atoms with van der Waals surface area (Å²) in [5.41, 5.74) is 0.923. The number of aliphatic hydroxyl groups is 1. The molecule has 0 aromatic heterocycles. The lowest BCUT2D eigenvalue weighted by Gasteiger charge is -2.12. The molecule has 4 heteroatoms. The van der Waals surface area contributed by atoms with Crippen molar-refractivity contribution < 1.29 is 19.3 Å². The molecule has 0 saturated carbocycles. The van der Waals surface area contributed by atoms with E-state index in [4.69, 9.17) is 14.2 Å². The van der Waals surface area contributed by atoms with Crippen LogP contribution in [0.15, 0.2) is 24.3 Å². The summed E-state index contributed by atoms with van der Waals surface area (Å²) in [5, 5.41) is 9.67. The molecule has 1 aliphatic rings. The molecule has 1 aromatic carbocycles. The van der Waals surface area contributed by atoms with Crippen LogP contribution in [0, 0.1) is 0 Å². The monoisotopic (exact) mass is 252 g/mol. The Morgan fingerprint density at radius 1 is 1.28 bits per heavy atom. The number of ether oxygens (including phenoxy) is 3. The molecule has 0 unspecified atom stereocenters. The summed E-state index contributed by atoms with van der Waals surface area (Å²) < 4.78 is 16.2. The van der Waals surface area contributed by atoms with Crippen LogP contribution in [0.1, 0.15) is 31.4 Å². The fourth-order valence-corrected chi connectivity index (χ4v) is 1.87. The second-order valence-electron chi connectivity index (χ2n) is 4.30. The van der Waals surface area contributed by atoms with Gasteiger partial charge in [-0.1, -0.05) is 19.1 Å². The first kappa shape index (κ1) is 13.3. The normalized spacial score (nSPS) is 17.9. The van der Waals surface area contributed by atoms with Crippen LogP contribution >= 0.6 is 0 Å². The Kier molecular flexibility index (Phi) is 4.99. The zero-order chi connectivity index (χ0) is 12.8. The summed E-state index contributed by atoms with van der Waals surface area (Å²) in [7, 11) is 0. The van der Waals surface area contributed by atoms with Gasteiger partial charge < -0.3 is 19.3 Å². The molecule has 1 atom stereocenters. The van der Waals surface area contributed by atoms with E-state index < -0.39 is 0 Å². The molecular weight excluding hydrogens is 232 g/mol. The minimum atomic E-state index is -0.390. The molecule has 0 spiro atoms. The lowest BCUT2D eigenvalue weighted by atomic mass is 10.1. The van der Waals surface area contributed by atoms with Gasteiger partial charge in [-0.25, -0.2) is 0 Å². The van der Waals surface area contributed by atoms with Crippen molar-refractivity contribution in [3.63, 3.8) is 0 Å². The number of aliphatic hydroxyl groups excluding tert-OH is 1. The first-order chi connectivity index (χ1) is 8.79. The minimum Gasteiger partial charge on any atom is -0.493 e. The predicted molar refractivity (Wildman–Crippen MR) is 67.5 cm³/mol. The molecule has 1 aromatic rings. The lowest BCUT2D eigenvalue weighted by Crippen LogP contribution is -2.12. The number of hydrogen-bond acceptors (Lipinski definition) is 4. The first-order valence-corrected chi connectivity index (χ1v) is 6.43. The highest BCUT2D eigenvalue weighted by Crippen LogP contribution is 2.20. The van der Waals surface area contributed by atoms with E-state index in [9.17, 15) is 5.11 Å². The molecule has 4 nitrogen and oxygen atoms in total. The van der Waals surface area contributed by atoms with E-state index in [1.54, 1.807) is 0 Å². The smallest absolute Gasteiger partial charge is 0.161 e. The molecule has 0 aliphatic carbocycles. The van der Waals surface area contributed by atoms with Gasteiger partial charge in [0.2, 0.25) is 0 Å². The highest BCUT2D eigenvalue weighted by molar-refractivity contribution is 5.28. The van der Waals surface area contributed by atoms with E-state index in [2.05, 4.69) is 0 Å². The van der Waals surface area contributed by atoms with Gasteiger partial charge in [0.1, 0.15) is 5.75 Å². The van der Waals surface area contributed by atoms with Gasteiger partial charge in [0.05, 0.1) is 25.9 Å². The van der Waals surface area contributed by atoms with E-state index in [0.29, 0.717) is 19.8 Å². The van der Waals surface area contributed by atoms with E-state index in [1.165, 1.54) is 0 Å². The second kappa shape index (κ2) is 6.73. The maximum Gasteiger partial charge on any atom is 0.161 e. The fraction of sp³-hybridized carbons (Fsp3) is 0.571. The third-order valence-corrected chi connectivity index (χ3v) is 2.96. The number of hydrogen-bond donors (Lipinski definition) is 1. The second-order valence-corrected chi connectivity index (χ2v) is 4.30. The van der Waals surface area contributed by atoms with Crippen molar-refractivity contribution in [1.29, 1.82) is 0 Å². The van der Waals surface area contributed by atoms with Crippen LogP contribution in [0.5, 0.6) is 5.75 Å². The van der Waals surface area contributed by atoms with Crippen molar-refractivity contribution in [2.24, 2.45) is 0 Å². The van der Waals surface area contributed by atoms with Crippen LogP contribution in [-0.2, 0) is 9.47 Å². The maximum absolute atomic E-state index is 9.67. The van der Waals surface area contributed by atoms with E-state index in [0.717, 1.165) is 24.2 Å². The average Bonchev–Trinajstić information content (AvgIpc) is 2.92. The molecule has 18 heavy (non-hydrogen) atoms. The van der Waals surface area contributed by atoms with Crippen LogP contribution in [0.3, 0.4) is 0 Å². The lowest BCUT2D eigenvalue weighted by molar-refractivity contribution is -0.0531. The molecule has 1 fully saturated rings. The summed E-state index contributed by atoms with van der Waals surface area (Å²) in [6.07, 6.45) is 0.945. The molecule has 100 valence electrons. The molecule has 1 saturated heterocycles. The summed E-state index contributed by atoms with van der Waals surface area (Å²) >= 11 is 0. The molecule has 0 bridgehead atoms. The van der Waals surface area contributed by atoms with Crippen molar-refractivity contribution in [3.8, 4) is 5.75 Å². The third-order valence-electron chi connectivity index (χ3n) is 2.96. The summed E-state index contributed by atoms with van der Waals surface area (Å²) in [5.74, 6) is 0.806. The van der Waals surface area contributed by atoms with Gasteiger partial charge in [-0.05, 0) is 24.1 Å². The SMILES string of the molecule is CC[C@@H](O)c1ccc(OCCC2OCCO2)cc1. The first-order valence-electron chi connectivity index (χ1n) is 6.43. The Morgan fingerprint density at radius 2 is 1.94 bits per heavy atom. The van der Waals surface area contributed by atoms with Gasteiger partial charge >= 0.3 is 0 Å². The Hall–Kier alpha value is -1.10. The number of benzene rings is 1. The third kappa shape index (κ3) is 3.70. The topological polar surface area (TPSA) is 47.9 Å². The van der Waals surface area contributed by atoms with E-state index in [1.807, 2.05) is 31.2 Å². The van der Waals surface area contributed by atoms with Gasteiger partial charge in [0, 0.05) is 6.42 Å². The van der Waals surface area contributed by atoms with Crippen LogP contribution in [-0.4, -0.2) is 31.2 Å². The summed E-state index contributed by atoms with van der Waals surface area (Å²) in [6.45, 7) is 3.87. The Labute approximate surface area is 107 Å². The Morgan fingerprint density at radius 3 is 2.56 bits per heavy atom. The quantitative estimate of drug-likeness (QED) is 0.843. The fourth-order valence-electron chi connectivity index (χ4n) is 1.87. The van der Waals surface area contributed by atoms with Gasteiger partial charge in [-0.3, -0.25) is 0 Å². The van der Waals surface area contributed by atoms with Crippen molar-refractivity contribution in [1.82, 2.24) is 0 Å². The van der Waals surface area contributed by atoms with E-state index >= 15 is 0 Å². The predicted octanol–water partition coefficient (Wildman–Crippen LogP) is 2.27. The Bertz CT molecular complexity index is 343. The zero-order valence-corrected chi connectivity index (χ0v) is 10.7. The van der Waals surface area contributed by atoms with E-state index in [-0.39, 0.29) is 12.4 Å². The van der Waals surface area contributed by atoms with Crippen molar-refractivity contribution in [2.45, 2.75) is 32.2 Å². The van der Waals surface area contributed by atoms with Gasteiger partial charge in [-0.2, -0.15) is 0 Å². The summed E-state index contributed by atoms with van der Waals surface area (Å²) in [4.78, 5) is 0. The van der Waals surface area contributed by atoms with Gasteiger partial charge in [0.15, 0.2) is 6.29 Å². The van der Waals surface area contributed by atoms with Crippen molar-refractivity contribution >= 4 is 0 Å². The van der Waals surface area contributed by atoms with Crippen LogP contribution in [0.2, 0.25) is 0 Å². The maximum atomic E-state index is 9.67. The zero-order valence-electron chi connectivity index (χ0n) is 10.7. The standard InChI is InChI=1S/C14H20O4/c1-2-13(15)11-3-5-12(6-4-11)16-8-7-14-17-9-10-18-14/h3-6,13-15H,2,7-10H2,1H3/t13-/m1/s1.